The molecule has 1 fully saturated rings. The van der Waals surface area contributed by atoms with E-state index in [2.05, 4.69) is 20.9 Å². The largest absolute Gasteiger partial charge is 0.496 e. The number of carbonyl (C=O) groups is 3. The molecule has 4 aromatic carbocycles. The molecule has 15 heteroatoms. The lowest BCUT2D eigenvalue weighted by molar-refractivity contribution is -0.378. The molecule has 2 heterocycles. The summed E-state index contributed by atoms with van der Waals surface area (Å²) in [6.07, 6.45) is -0.211. The van der Waals surface area contributed by atoms with Crippen LogP contribution in [0.4, 0.5) is 21.0 Å². The monoisotopic (exact) mass is 766 g/mol. The number of aliphatic carboxylic acids is 1. The maximum Gasteiger partial charge on any atom is 0.411 e. The molecule has 0 bridgehead atoms. The van der Waals surface area contributed by atoms with E-state index >= 15 is 0 Å². The van der Waals surface area contributed by atoms with E-state index in [0.29, 0.717) is 56.8 Å². The Kier molecular flexibility index (Phi) is 12.7. The number of carboxylic acid groups (broad SMARTS) is 1. The number of H-pyrrole nitrogens is 1. The third-order valence-corrected chi connectivity index (χ3v) is 9.04. The molecule has 2 atom stereocenters. The Morgan fingerprint density at radius 3 is 2.29 bits per heavy atom. The van der Waals surface area contributed by atoms with Gasteiger partial charge in [0.05, 0.1) is 26.9 Å². The van der Waals surface area contributed by atoms with Crippen LogP contribution in [-0.2, 0) is 36.8 Å². The lowest BCUT2D eigenvalue weighted by atomic mass is 10.0. The van der Waals surface area contributed by atoms with Crippen LogP contribution in [0.1, 0.15) is 47.7 Å². The minimum Gasteiger partial charge on any atom is -0.496 e. The van der Waals surface area contributed by atoms with Gasteiger partial charge in [0.2, 0.25) is 0 Å². The maximum atomic E-state index is 12.9. The predicted octanol–water partition coefficient (Wildman–Crippen LogP) is 6.65. The quantitative estimate of drug-likeness (QED) is 0.0719. The summed E-state index contributed by atoms with van der Waals surface area (Å²) in [6, 6.07) is 24.4. The van der Waals surface area contributed by atoms with E-state index in [-0.39, 0.29) is 31.5 Å². The highest BCUT2D eigenvalue weighted by Crippen LogP contribution is 2.35. The van der Waals surface area contributed by atoms with Gasteiger partial charge in [0.25, 0.3) is 5.56 Å². The topological polar surface area (TPSA) is 196 Å². The zero-order valence-corrected chi connectivity index (χ0v) is 30.9. The van der Waals surface area contributed by atoms with Crippen LogP contribution >= 0.6 is 0 Å². The van der Waals surface area contributed by atoms with Crippen LogP contribution in [0, 0.1) is 0 Å². The van der Waals surface area contributed by atoms with Gasteiger partial charge in [0.15, 0.2) is 18.6 Å². The van der Waals surface area contributed by atoms with Crippen molar-refractivity contribution in [3.05, 3.63) is 130 Å². The molecule has 0 aliphatic carbocycles. The second-order valence-electron chi connectivity index (χ2n) is 12.8. The van der Waals surface area contributed by atoms with Gasteiger partial charge in [-0.15, -0.1) is 0 Å². The van der Waals surface area contributed by atoms with Crippen molar-refractivity contribution in [2.24, 2.45) is 0 Å². The molecule has 1 unspecified atom stereocenters. The molecular formula is C41H42N4O11. The van der Waals surface area contributed by atoms with Crippen molar-refractivity contribution in [2.45, 2.75) is 51.0 Å². The number of hydrogen-bond donors (Lipinski definition) is 5. The van der Waals surface area contributed by atoms with Crippen LogP contribution in [0.15, 0.2) is 102 Å². The molecule has 1 saturated heterocycles. The first-order chi connectivity index (χ1) is 27.1. The second kappa shape index (κ2) is 18.2. The van der Waals surface area contributed by atoms with Gasteiger partial charge in [-0.3, -0.25) is 10.1 Å². The fourth-order valence-corrected chi connectivity index (χ4v) is 6.30. The molecule has 56 heavy (non-hydrogen) atoms. The van der Waals surface area contributed by atoms with Crippen molar-refractivity contribution in [2.75, 3.05) is 31.5 Å². The van der Waals surface area contributed by atoms with Gasteiger partial charge >= 0.3 is 18.2 Å². The normalized spacial score (nSPS) is 15.8. The lowest BCUT2D eigenvalue weighted by Crippen LogP contribution is -2.42. The summed E-state index contributed by atoms with van der Waals surface area (Å²) in [7, 11) is 2.88. The number of aromatic nitrogens is 1. The van der Waals surface area contributed by atoms with E-state index < -0.39 is 36.5 Å². The van der Waals surface area contributed by atoms with Gasteiger partial charge < -0.3 is 49.1 Å². The molecule has 0 spiro atoms. The molecule has 2 amide bonds. The number of anilines is 2. The van der Waals surface area contributed by atoms with Crippen molar-refractivity contribution in [1.29, 1.82) is 0 Å². The summed E-state index contributed by atoms with van der Waals surface area (Å²) in [5, 5.41) is 19.9. The SMILES string of the molecule is COc1cc(C(Nc2ccc3cc[nH]c(=O)c3c2)C(=O)O)cc(OC)c1CCOC(=O)Nc1cccc([C@@H](CC2OC(C)O2)NC(=O)OCc2ccccc2)c1. The van der Waals surface area contributed by atoms with Crippen LogP contribution in [-0.4, -0.2) is 61.7 Å². The Morgan fingerprint density at radius 1 is 0.839 bits per heavy atom. The van der Waals surface area contributed by atoms with E-state index in [9.17, 15) is 24.3 Å². The number of rotatable bonds is 16. The molecule has 292 valence electrons. The molecule has 1 aromatic heterocycles. The summed E-state index contributed by atoms with van der Waals surface area (Å²) in [6.45, 7) is 1.80. The summed E-state index contributed by atoms with van der Waals surface area (Å²) in [5.74, 6) is -0.514. The van der Waals surface area contributed by atoms with Gasteiger partial charge in [-0.25, -0.2) is 14.4 Å². The van der Waals surface area contributed by atoms with Crippen LogP contribution in [0.3, 0.4) is 0 Å². The van der Waals surface area contributed by atoms with E-state index in [4.69, 9.17) is 28.4 Å². The average Bonchev–Trinajstić information content (AvgIpc) is 3.18. The fraction of sp³-hybridized carbons (Fsp3) is 0.268. The van der Waals surface area contributed by atoms with Gasteiger partial charge in [0, 0.05) is 41.4 Å². The summed E-state index contributed by atoms with van der Waals surface area (Å²) in [4.78, 5) is 53.1. The zero-order chi connectivity index (χ0) is 39.6. The van der Waals surface area contributed by atoms with Crippen molar-refractivity contribution in [3.63, 3.8) is 0 Å². The number of amides is 2. The van der Waals surface area contributed by atoms with Gasteiger partial charge in [-0.1, -0.05) is 48.5 Å². The van der Waals surface area contributed by atoms with Crippen molar-refractivity contribution >= 4 is 40.3 Å². The average molecular weight is 767 g/mol. The molecule has 5 aromatic rings. The Labute approximate surface area is 321 Å². The number of aromatic amines is 1. The van der Waals surface area contributed by atoms with Crippen LogP contribution in [0.5, 0.6) is 11.5 Å². The van der Waals surface area contributed by atoms with E-state index in [1.165, 1.54) is 14.2 Å². The first-order valence-electron chi connectivity index (χ1n) is 17.8. The van der Waals surface area contributed by atoms with E-state index in [0.717, 1.165) is 5.56 Å². The van der Waals surface area contributed by atoms with Crippen LogP contribution in [0.2, 0.25) is 0 Å². The lowest BCUT2D eigenvalue weighted by Gasteiger charge is -2.36. The van der Waals surface area contributed by atoms with Gasteiger partial charge in [0.1, 0.15) is 18.1 Å². The standard InChI is InChI=1S/C41H42N4O11/c1-24-55-36(56-24)22-33(45-41(50)54-23-25-8-5-4-6-9-25)27-10-7-11-29(18-27)44-40(49)53-17-15-31-34(51-2)19-28(20-35(31)52-3)37(39(47)48)43-30-13-12-26-14-16-42-38(46)32(26)21-30/h4-14,16,18-21,24,33,36-37,43H,15,17,22-23H2,1-3H3,(H,42,46)(H,44,49)(H,45,50)(H,47,48)/t24?,33-,36?,37?/m1/s1. The number of nitrogens with one attached hydrogen (secondary N) is 4. The third-order valence-electron chi connectivity index (χ3n) is 9.04. The van der Waals surface area contributed by atoms with Gasteiger partial charge in [-0.2, -0.15) is 0 Å². The highest BCUT2D eigenvalue weighted by molar-refractivity contribution is 5.87. The van der Waals surface area contributed by atoms with Crippen LogP contribution < -0.4 is 31.0 Å². The Bertz CT molecular complexity index is 2200. The minimum atomic E-state index is -1.23. The van der Waals surface area contributed by atoms with E-state index in [1.807, 2.05) is 30.3 Å². The first kappa shape index (κ1) is 39.1. The van der Waals surface area contributed by atoms with Crippen molar-refractivity contribution in [1.82, 2.24) is 10.3 Å². The number of benzene rings is 4. The number of pyridine rings is 1. The Hall–Kier alpha value is -6.58. The number of ether oxygens (including phenoxy) is 6. The number of methoxy groups -OCH3 is 2. The zero-order valence-electron chi connectivity index (χ0n) is 30.9. The van der Waals surface area contributed by atoms with Gasteiger partial charge in [-0.05, 0) is 71.5 Å². The highest BCUT2D eigenvalue weighted by Gasteiger charge is 2.31. The number of alkyl carbamates (subject to hydrolysis) is 1. The summed E-state index contributed by atoms with van der Waals surface area (Å²) in [5.41, 5.74) is 2.95. The smallest absolute Gasteiger partial charge is 0.411 e. The third kappa shape index (κ3) is 9.93. The molecule has 5 N–H and O–H groups in total. The number of carbonyl (C=O) groups excluding carboxylic acids is 2. The number of hydrogen-bond acceptors (Lipinski definition) is 11. The van der Waals surface area contributed by atoms with Crippen LogP contribution in [0.25, 0.3) is 10.8 Å². The number of fused-ring (bicyclic) bond motifs is 1. The maximum absolute atomic E-state index is 12.9. The highest BCUT2D eigenvalue weighted by atomic mass is 16.9. The summed E-state index contributed by atoms with van der Waals surface area (Å²) >= 11 is 0. The summed E-state index contributed by atoms with van der Waals surface area (Å²) < 4.78 is 33.4. The first-order valence-corrected chi connectivity index (χ1v) is 17.8. The minimum absolute atomic E-state index is 0.0736. The molecule has 15 nitrogen and oxygen atoms in total. The predicted molar refractivity (Wildman–Crippen MR) is 206 cm³/mol. The Balaban J connectivity index is 1.09. The molecule has 1 aliphatic heterocycles. The Morgan fingerprint density at radius 2 is 1.59 bits per heavy atom. The molecule has 6 rings (SSSR count). The molecular weight excluding hydrogens is 724 g/mol. The van der Waals surface area contributed by atoms with Crippen molar-refractivity contribution < 1.29 is 47.9 Å². The molecule has 0 saturated carbocycles. The molecule has 0 radical (unpaired) electrons. The van der Waals surface area contributed by atoms with E-state index in [1.54, 1.807) is 73.8 Å². The molecule has 1 aliphatic rings. The fourth-order valence-electron chi connectivity index (χ4n) is 6.30. The van der Waals surface area contributed by atoms with Crippen molar-refractivity contribution in [3.8, 4) is 11.5 Å². The number of carboxylic acids is 1. The second-order valence-corrected chi connectivity index (χ2v) is 12.8.